The van der Waals surface area contributed by atoms with Crippen LogP contribution in [0.5, 0.6) is 11.5 Å². The Kier molecular flexibility index (Phi) is 9.07. The Morgan fingerprint density at radius 2 is 1.45 bits per heavy atom. The predicted octanol–water partition coefficient (Wildman–Crippen LogP) is 6.39. The van der Waals surface area contributed by atoms with E-state index in [-0.39, 0.29) is 13.0 Å². The van der Waals surface area contributed by atoms with Crippen molar-refractivity contribution in [3.05, 3.63) is 120 Å². The van der Waals surface area contributed by atoms with Gasteiger partial charge in [-0.05, 0) is 65.6 Å². The van der Waals surface area contributed by atoms with E-state index in [1.807, 2.05) is 37.3 Å². The Morgan fingerprint density at radius 3 is 2.11 bits per heavy atom. The summed E-state index contributed by atoms with van der Waals surface area (Å²) in [6.07, 6.45) is -0.951. The van der Waals surface area contributed by atoms with Crippen molar-refractivity contribution in [2.45, 2.75) is 19.4 Å². The van der Waals surface area contributed by atoms with Crippen molar-refractivity contribution in [3.63, 3.8) is 0 Å². The molecular formula is C31H28FNO5. The first-order valence-corrected chi connectivity index (χ1v) is 12.2. The molecule has 0 aliphatic carbocycles. The predicted molar refractivity (Wildman–Crippen MR) is 144 cm³/mol. The topological polar surface area (TPSA) is 77.3 Å². The van der Waals surface area contributed by atoms with Gasteiger partial charge in [-0.1, -0.05) is 71.9 Å². The number of hydrogen-bond donors (Lipinski definition) is 1. The Labute approximate surface area is 220 Å². The molecule has 0 heterocycles. The summed E-state index contributed by atoms with van der Waals surface area (Å²) in [5.74, 6) is -0.600. The third-order valence-corrected chi connectivity index (χ3v) is 5.77. The van der Waals surface area contributed by atoms with Gasteiger partial charge in [0.15, 0.2) is 12.7 Å². The minimum absolute atomic E-state index is 0.149. The van der Waals surface area contributed by atoms with Gasteiger partial charge in [0.1, 0.15) is 23.9 Å². The van der Waals surface area contributed by atoms with E-state index in [9.17, 15) is 14.3 Å². The summed E-state index contributed by atoms with van der Waals surface area (Å²) in [6.45, 7) is 2.46. The molecule has 0 unspecified atom stereocenters. The lowest BCUT2D eigenvalue weighted by Gasteiger charge is -2.15. The molecule has 0 spiro atoms. The quantitative estimate of drug-likeness (QED) is 0.135. The van der Waals surface area contributed by atoms with Crippen molar-refractivity contribution in [1.82, 2.24) is 0 Å². The first-order valence-electron chi connectivity index (χ1n) is 12.2. The fourth-order valence-electron chi connectivity index (χ4n) is 3.72. The largest absolute Gasteiger partial charge is 0.490 e. The van der Waals surface area contributed by atoms with Crippen LogP contribution in [0.15, 0.2) is 108 Å². The fourth-order valence-corrected chi connectivity index (χ4v) is 3.72. The Hall–Kier alpha value is -4.65. The van der Waals surface area contributed by atoms with Gasteiger partial charge in [0.2, 0.25) is 0 Å². The maximum Gasteiger partial charge on any atom is 0.345 e. The average Bonchev–Trinajstić information content (AvgIpc) is 2.95. The lowest BCUT2D eigenvalue weighted by Crippen LogP contribution is -2.29. The number of benzene rings is 4. The van der Waals surface area contributed by atoms with E-state index in [1.54, 1.807) is 24.3 Å². The number of carboxylic acids is 1. The molecule has 1 N–H and O–H groups in total. The lowest BCUT2D eigenvalue weighted by atomic mass is 10.0. The molecule has 0 fully saturated rings. The number of halogens is 1. The maximum absolute atomic E-state index is 13.1. The SMILES string of the molecule is C/C(=N/OCCOc1ccc(C[C@H](Oc2ccc(F)cc2)C(=O)O)cc1)c1ccc(-c2ccccc2)cc1. The highest BCUT2D eigenvalue weighted by Crippen LogP contribution is 2.20. The molecule has 194 valence electrons. The van der Waals surface area contributed by atoms with E-state index < -0.39 is 17.9 Å². The number of carboxylic acid groups (broad SMARTS) is 1. The normalized spacial score (nSPS) is 12.0. The number of nitrogens with zero attached hydrogens (tertiary/aromatic N) is 1. The Balaban J connectivity index is 1.21. The number of aliphatic carboxylic acids is 1. The van der Waals surface area contributed by atoms with Gasteiger partial charge in [-0.2, -0.15) is 0 Å². The first-order chi connectivity index (χ1) is 18.5. The minimum atomic E-state index is -1.10. The van der Waals surface area contributed by atoms with E-state index in [2.05, 4.69) is 29.4 Å². The highest BCUT2D eigenvalue weighted by atomic mass is 19.1. The third-order valence-electron chi connectivity index (χ3n) is 5.77. The number of ether oxygens (including phenoxy) is 2. The molecule has 0 bridgehead atoms. The van der Waals surface area contributed by atoms with Gasteiger partial charge in [0, 0.05) is 6.42 Å². The zero-order valence-corrected chi connectivity index (χ0v) is 20.9. The summed E-state index contributed by atoms with van der Waals surface area (Å²) >= 11 is 0. The summed E-state index contributed by atoms with van der Waals surface area (Å²) in [4.78, 5) is 17.0. The molecule has 0 aliphatic heterocycles. The monoisotopic (exact) mass is 513 g/mol. The van der Waals surface area contributed by atoms with Crippen LogP contribution in [0.1, 0.15) is 18.1 Å². The smallest absolute Gasteiger partial charge is 0.345 e. The van der Waals surface area contributed by atoms with Gasteiger partial charge >= 0.3 is 5.97 Å². The second-order valence-electron chi connectivity index (χ2n) is 8.55. The average molecular weight is 514 g/mol. The molecule has 4 aromatic carbocycles. The van der Waals surface area contributed by atoms with Gasteiger partial charge in [0.25, 0.3) is 0 Å². The molecule has 38 heavy (non-hydrogen) atoms. The van der Waals surface area contributed by atoms with Crippen molar-refractivity contribution in [1.29, 1.82) is 0 Å². The molecule has 4 aromatic rings. The van der Waals surface area contributed by atoms with Crippen molar-refractivity contribution in [2.75, 3.05) is 13.2 Å². The van der Waals surface area contributed by atoms with Crippen LogP contribution in [0.3, 0.4) is 0 Å². The van der Waals surface area contributed by atoms with Crippen LogP contribution in [0.25, 0.3) is 11.1 Å². The fraction of sp³-hybridized carbons (Fsp3) is 0.161. The minimum Gasteiger partial charge on any atom is -0.490 e. The number of carbonyl (C=O) groups is 1. The summed E-state index contributed by atoms with van der Waals surface area (Å²) in [6, 6.07) is 30.6. The van der Waals surface area contributed by atoms with Crippen LogP contribution in [0.4, 0.5) is 4.39 Å². The molecule has 6 nitrogen and oxygen atoms in total. The molecule has 0 radical (unpaired) electrons. The summed E-state index contributed by atoms with van der Waals surface area (Å²) < 4.78 is 24.3. The summed E-state index contributed by atoms with van der Waals surface area (Å²) in [7, 11) is 0. The summed E-state index contributed by atoms with van der Waals surface area (Å²) in [5.41, 5.74) is 4.81. The van der Waals surface area contributed by atoms with Crippen molar-refractivity contribution >= 4 is 11.7 Å². The van der Waals surface area contributed by atoms with Crippen LogP contribution in [-0.4, -0.2) is 36.1 Å². The van der Waals surface area contributed by atoms with Crippen LogP contribution in [0.2, 0.25) is 0 Å². The molecule has 0 aliphatic rings. The van der Waals surface area contributed by atoms with E-state index in [0.717, 1.165) is 28.0 Å². The van der Waals surface area contributed by atoms with E-state index >= 15 is 0 Å². The molecule has 1 atom stereocenters. The van der Waals surface area contributed by atoms with E-state index in [0.29, 0.717) is 18.1 Å². The lowest BCUT2D eigenvalue weighted by molar-refractivity contribution is -0.145. The van der Waals surface area contributed by atoms with Gasteiger partial charge in [-0.15, -0.1) is 0 Å². The molecule has 7 heteroatoms. The number of oxime groups is 1. The Bertz CT molecular complexity index is 1340. The van der Waals surface area contributed by atoms with Gasteiger partial charge in [0.05, 0.1) is 5.71 Å². The standard InChI is InChI=1S/C31H28FNO5/c1-22(24-9-11-26(12-10-24)25-5-3-2-4-6-25)33-37-20-19-36-28-15-7-23(8-16-28)21-30(31(34)35)38-29-17-13-27(32)14-18-29/h2-18,30H,19-21H2,1H3,(H,34,35)/b33-22-/t30-/m0/s1. The van der Waals surface area contributed by atoms with Crippen LogP contribution in [-0.2, 0) is 16.1 Å². The second kappa shape index (κ2) is 13.1. The highest BCUT2D eigenvalue weighted by molar-refractivity contribution is 5.98. The number of rotatable bonds is 12. The molecular weight excluding hydrogens is 485 g/mol. The first kappa shape index (κ1) is 26.4. The molecule has 0 amide bonds. The zero-order valence-electron chi connectivity index (χ0n) is 20.9. The van der Waals surface area contributed by atoms with Crippen molar-refractivity contribution in [2.24, 2.45) is 5.16 Å². The van der Waals surface area contributed by atoms with Crippen molar-refractivity contribution in [3.8, 4) is 22.6 Å². The molecule has 0 saturated carbocycles. The third kappa shape index (κ3) is 7.67. The van der Waals surface area contributed by atoms with Crippen LogP contribution < -0.4 is 9.47 Å². The van der Waals surface area contributed by atoms with Crippen LogP contribution >= 0.6 is 0 Å². The van der Waals surface area contributed by atoms with Crippen molar-refractivity contribution < 1.29 is 28.6 Å². The molecule has 0 aromatic heterocycles. The van der Waals surface area contributed by atoms with Gasteiger partial charge in [-0.25, -0.2) is 9.18 Å². The van der Waals surface area contributed by atoms with Crippen LogP contribution in [0, 0.1) is 5.82 Å². The Morgan fingerprint density at radius 1 is 0.816 bits per heavy atom. The van der Waals surface area contributed by atoms with E-state index in [4.69, 9.17) is 14.3 Å². The van der Waals surface area contributed by atoms with E-state index in [1.165, 1.54) is 24.3 Å². The zero-order chi connectivity index (χ0) is 26.7. The van der Waals surface area contributed by atoms with Gasteiger partial charge in [-0.3, -0.25) is 0 Å². The second-order valence-corrected chi connectivity index (χ2v) is 8.55. The maximum atomic E-state index is 13.1. The number of hydrogen-bond acceptors (Lipinski definition) is 5. The van der Waals surface area contributed by atoms with Gasteiger partial charge < -0.3 is 19.4 Å². The molecule has 4 rings (SSSR count). The summed E-state index contributed by atoms with van der Waals surface area (Å²) in [5, 5.41) is 13.7. The highest BCUT2D eigenvalue weighted by Gasteiger charge is 2.20. The molecule has 0 saturated heterocycles.